The van der Waals surface area contributed by atoms with Crippen molar-refractivity contribution in [2.24, 2.45) is 11.8 Å². The van der Waals surface area contributed by atoms with E-state index in [9.17, 15) is 4.79 Å². The van der Waals surface area contributed by atoms with Crippen LogP contribution in [0, 0.1) is 11.8 Å². The molecule has 2 unspecified atom stereocenters. The predicted octanol–water partition coefficient (Wildman–Crippen LogP) is 2.64. The van der Waals surface area contributed by atoms with Crippen molar-refractivity contribution in [1.29, 1.82) is 0 Å². The number of ether oxygens (including phenoxy) is 1. The maximum atomic E-state index is 11.7. The highest BCUT2D eigenvalue weighted by atomic mass is 32.1. The number of carbonyl (C=O) groups excluding carboxylic acids is 1. The van der Waals surface area contributed by atoms with Gasteiger partial charge in [-0.15, -0.1) is 11.3 Å². The Balaban J connectivity index is 1.64. The van der Waals surface area contributed by atoms with Gasteiger partial charge in [0.25, 0.3) is 0 Å². The van der Waals surface area contributed by atoms with Crippen LogP contribution in [-0.2, 0) is 16.1 Å². The number of aromatic nitrogens is 1. The Kier molecular flexibility index (Phi) is 4.07. The molecule has 0 N–H and O–H groups in total. The van der Waals surface area contributed by atoms with Gasteiger partial charge in [-0.3, -0.25) is 9.69 Å². The van der Waals surface area contributed by atoms with E-state index in [0.29, 0.717) is 5.92 Å². The van der Waals surface area contributed by atoms with Gasteiger partial charge in [-0.25, -0.2) is 4.98 Å². The Hall–Kier alpha value is -1.66. The third kappa shape index (κ3) is 3.01. The lowest BCUT2D eigenvalue weighted by atomic mass is 9.99. The molecular weight excluding hydrogens is 288 g/mol. The summed E-state index contributed by atoms with van der Waals surface area (Å²) in [5, 5.41) is 2.94. The lowest BCUT2D eigenvalue weighted by Crippen LogP contribution is -2.24. The first-order valence-corrected chi connectivity index (χ1v) is 7.84. The van der Waals surface area contributed by atoms with Crippen LogP contribution in [0.1, 0.15) is 12.6 Å². The van der Waals surface area contributed by atoms with Crippen molar-refractivity contribution in [3.63, 3.8) is 0 Å². The fourth-order valence-electron chi connectivity index (χ4n) is 2.78. The Labute approximate surface area is 127 Å². The first kappa shape index (κ1) is 14.3. The van der Waals surface area contributed by atoms with Crippen LogP contribution in [0.5, 0.6) is 0 Å². The minimum Gasteiger partial charge on any atom is -0.469 e. The Morgan fingerprint density at radius 2 is 2.43 bits per heavy atom. The van der Waals surface area contributed by atoms with Crippen molar-refractivity contribution < 1.29 is 13.9 Å². The summed E-state index contributed by atoms with van der Waals surface area (Å²) < 4.78 is 10.2. The van der Waals surface area contributed by atoms with E-state index in [2.05, 4.69) is 16.8 Å². The van der Waals surface area contributed by atoms with Crippen LogP contribution in [-0.4, -0.2) is 36.1 Å². The zero-order valence-corrected chi connectivity index (χ0v) is 12.9. The Morgan fingerprint density at radius 3 is 3.14 bits per heavy atom. The molecule has 2 aromatic rings. The van der Waals surface area contributed by atoms with Gasteiger partial charge in [0.2, 0.25) is 0 Å². The molecule has 0 aliphatic carbocycles. The second-order valence-electron chi connectivity index (χ2n) is 5.42. The van der Waals surface area contributed by atoms with Gasteiger partial charge in [0.05, 0.1) is 25.0 Å². The molecule has 0 bridgehead atoms. The zero-order valence-electron chi connectivity index (χ0n) is 12.1. The topological polar surface area (TPSA) is 55.6 Å². The first-order chi connectivity index (χ1) is 10.2. The smallest absolute Gasteiger partial charge is 0.310 e. The summed E-state index contributed by atoms with van der Waals surface area (Å²) in [7, 11) is 1.45. The maximum absolute atomic E-state index is 11.7. The molecule has 21 heavy (non-hydrogen) atoms. The molecule has 0 saturated carbocycles. The second kappa shape index (κ2) is 5.99. The monoisotopic (exact) mass is 306 g/mol. The maximum Gasteiger partial charge on any atom is 0.310 e. The number of nitrogens with zero attached hydrogens (tertiary/aromatic N) is 2. The highest BCUT2D eigenvalue weighted by Crippen LogP contribution is 2.28. The van der Waals surface area contributed by atoms with Crippen molar-refractivity contribution in [3.05, 3.63) is 29.5 Å². The highest BCUT2D eigenvalue weighted by Gasteiger charge is 2.35. The molecule has 1 aliphatic heterocycles. The number of likely N-dealkylation sites (tertiary alicyclic amines) is 1. The molecule has 1 fully saturated rings. The van der Waals surface area contributed by atoms with E-state index in [1.54, 1.807) is 17.6 Å². The first-order valence-electron chi connectivity index (χ1n) is 6.96. The van der Waals surface area contributed by atoms with Crippen LogP contribution in [0.25, 0.3) is 10.8 Å². The van der Waals surface area contributed by atoms with Crippen molar-refractivity contribution in [3.8, 4) is 10.8 Å². The molecule has 0 radical (unpaired) electrons. The molecule has 2 atom stereocenters. The van der Waals surface area contributed by atoms with Crippen molar-refractivity contribution in [2.75, 3.05) is 20.2 Å². The van der Waals surface area contributed by atoms with Crippen LogP contribution < -0.4 is 0 Å². The fraction of sp³-hybridized carbons (Fsp3) is 0.467. The van der Waals surface area contributed by atoms with E-state index in [4.69, 9.17) is 9.15 Å². The fourth-order valence-corrected chi connectivity index (χ4v) is 3.55. The normalized spacial score (nSPS) is 22.6. The molecule has 0 aromatic carbocycles. The average molecular weight is 306 g/mol. The molecule has 1 aliphatic rings. The van der Waals surface area contributed by atoms with Gasteiger partial charge in [-0.1, -0.05) is 6.92 Å². The Morgan fingerprint density at radius 1 is 1.57 bits per heavy atom. The molecule has 1 saturated heterocycles. The third-order valence-corrected chi connectivity index (χ3v) is 4.77. The van der Waals surface area contributed by atoms with Crippen LogP contribution in [0.3, 0.4) is 0 Å². The SMILES string of the molecule is COC(=O)C1CN(Cc2csc(-c3ccco3)n2)CC1C. The van der Waals surface area contributed by atoms with Gasteiger partial charge in [-0.05, 0) is 18.1 Å². The lowest BCUT2D eigenvalue weighted by Gasteiger charge is -2.13. The summed E-state index contributed by atoms with van der Waals surface area (Å²) in [6.07, 6.45) is 1.65. The molecule has 0 spiro atoms. The number of methoxy groups -OCH3 is 1. The number of hydrogen-bond donors (Lipinski definition) is 0. The van der Waals surface area contributed by atoms with Gasteiger partial charge >= 0.3 is 5.97 Å². The Bertz CT molecular complexity index is 608. The zero-order chi connectivity index (χ0) is 14.8. The van der Waals surface area contributed by atoms with E-state index < -0.39 is 0 Å². The summed E-state index contributed by atoms with van der Waals surface area (Å²) in [5.41, 5.74) is 1.02. The predicted molar refractivity (Wildman–Crippen MR) is 79.8 cm³/mol. The van der Waals surface area contributed by atoms with Gasteiger partial charge < -0.3 is 9.15 Å². The van der Waals surface area contributed by atoms with Crippen LogP contribution in [0.2, 0.25) is 0 Å². The summed E-state index contributed by atoms with van der Waals surface area (Å²) in [5.74, 6) is 0.979. The number of furan rings is 1. The van der Waals surface area contributed by atoms with Crippen molar-refractivity contribution in [1.82, 2.24) is 9.88 Å². The van der Waals surface area contributed by atoms with E-state index in [1.165, 1.54) is 7.11 Å². The summed E-state index contributed by atoms with van der Waals surface area (Å²) in [4.78, 5) is 18.6. The highest BCUT2D eigenvalue weighted by molar-refractivity contribution is 7.13. The standard InChI is InChI=1S/C15H18N2O3S/c1-10-6-17(8-12(10)15(18)19-2)7-11-9-21-14(16-11)13-4-3-5-20-13/h3-5,9-10,12H,6-8H2,1-2H3. The molecule has 5 nitrogen and oxygen atoms in total. The van der Waals surface area contributed by atoms with Gasteiger partial charge in [0.1, 0.15) is 0 Å². The molecule has 2 aromatic heterocycles. The van der Waals surface area contributed by atoms with E-state index in [0.717, 1.165) is 36.1 Å². The molecule has 6 heteroatoms. The van der Waals surface area contributed by atoms with E-state index >= 15 is 0 Å². The molecule has 0 amide bonds. The number of esters is 1. The summed E-state index contributed by atoms with van der Waals surface area (Å²) in [6, 6.07) is 3.77. The minimum atomic E-state index is -0.112. The summed E-state index contributed by atoms with van der Waals surface area (Å²) in [6.45, 7) is 4.49. The van der Waals surface area contributed by atoms with Crippen molar-refractivity contribution >= 4 is 17.3 Å². The van der Waals surface area contributed by atoms with Gasteiger partial charge in [0, 0.05) is 25.0 Å². The largest absolute Gasteiger partial charge is 0.469 e. The number of carbonyl (C=O) groups is 1. The van der Waals surface area contributed by atoms with Crippen LogP contribution in [0.15, 0.2) is 28.2 Å². The van der Waals surface area contributed by atoms with Crippen molar-refractivity contribution in [2.45, 2.75) is 13.5 Å². The van der Waals surface area contributed by atoms with Gasteiger partial charge in [-0.2, -0.15) is 0 Å². The summed E-state index contributed by atoms with van der Waals surface area (Å²) >= 11 is 1.58. The number of thiazole rings is 1. The minimum absolute atomic E-state index is 0.0295. The van der Waals surface area contributed by atoms with Gasteiger partial charge in [0.15, 0.2) is 10.8 Å². The third-order valence-electron chi connectivity index (χ3n) is 3.86. The molecular formula is C15H18N2O3S. The quantitative estimate of drug-likeness (QED) is 0.813. The second-order valence-corrected chi connectivity index (χ2v) is 6.28. The average Bonchev–Trinajstić information content (AvgIpc) is 3.18. The molecule has 112 valence electrons. The number of rotatable bonds is 4. The van der Waals surface area contributed by atoms with E-state index in [1.807, 2.05) is 17.5 Å². The lowest BCUT2D eigenvalue weighted by molar-refractivity contribution is -0.146. The van der Waals surface area contributed by atoms with Crippen LogP contribution in [0.4, 0.5) is 0 Å². The molecule has 3 rings (SSSR count). The number of hydrogen-bond acceptors (Lipinski definition) is 6. The van der Waals surface area contributed by atoms with Crippen LogP contribution >= 0.6 is 11.3 Å². The molecule has 3 heterocycles. The van der Waals surface area contributed by atoms with E-state index in [-0.39, 0.29) is 11.9 Å².